The van der Waals surface area contributed by atoms with E-state index in [0.29, 0.717) is 5.75 Å². The van der Waals surface area contributed by atoms with Gasteiger partial charge in [0, 0.05) is 4.47 Å². The zero-order valence-corrected chi connectivity index (χ0v) is 11.7. The van der Waals surface area contributed by atoms with Crippen LogP contribution in [0.25, 0.3) is 0 Å². The zero-order valence-electron chi connectivity index (χ0n) is 10.1. The fourth-order valence-electron chi connectivity index (χ4n) is 1.80. The Labute approximate surface area is 122 Å². The molecule has 5 atom stereocenters. The van der Waals surface area contributed by atoms with E-state index in [9.17, 15) is 20.1 Å². The quantitative estimate of drug-likeness (QED) is 0.593. The summed E-state index contributed by atoms with van der Waals surface area (Å²) in [6, 6.07) is 6.52. The number of carboxylic acid groups (broad SMARTS) is 1. The highest BCUT2D eigenvalue weighted by molar-refractivity contribution is 9.10. The van der Waals surface area contributed by atoms with Gasteiger partial charge in [-0.2, -0.15) is 0 Å². The maximum absolute atomic E-state index is 10.9. The Morgan fingerprint density at radius 2 is 1.70 bits per heavy atom. The molecule has 8 heteroatoms. The Kier molecular flexibility index (Phi) is 4.61. The largest absolute Gasteiger partial charge is 0.479 e. The normalized spacial score (nSPS) is 33.7. The molecule has 0 unspecified atom stereocenters. The molecule has 1 aromatic rings. The maximum Gasteiger partial charge on any atom is 0.335 e. The van der Waals surface area contributed by atoms with Crippen LogP contribution in [0.3, 0.4) is 0 Å². The summed E-state index contributed by atoms with van der Waals surface area (Å²) in [5.74, 6) is -1.13. The van der Waals surface area contributed by atoms with Gasteiger partial charge in [0.15, 0.2) is 6.10 Å². The van der Waals surface area contributed by atoms with Gasteiger partial charge in [-0.15, -0.1) is 0 Å². The number of ether oxygens (including phenoxy) is 2. The zero-order chi connectivity index (χ0) is 14.9. The van der Waals surface area contributed by atoms with E-state index < -0.39 is 36.7 Å². The number of aliphatic hydroxyl groups excluding tert-OH is 3. The van der Waals surface area contributed by atoms with Gasteiger partial charge in [-0.25, -0.2) is 4.79 Å². The van der Waals surface area contributed by atoms with Crippen LogP contribution < -0.4 is 4.74 Å². The molecule has 0 radical (unpaired) electrons. The molecule has 1 heterocycles. The predicted molar refractivity (Wildman–Crippen MR) is 69.1 cm³/mol. The molecule has 0 amide bonds. The number of benzene rings is 1. The van der Waals surface area contributed by atoms with Crippen molar-refractivity contribution < 1.29 is 34.7 Å². The second kappa shape index (κ2) is 6.06. The highest BCUT2D eigenvalue weighted by Crippen LogP contribution is 2.25. The van der Waals surface area contributed by atoms with Crippen LogP contribution in [-0.4, -0.2) is 57.1 Å². The van der Waals surface area contributed by atoms with Gasteiger partial charge >= 0.3 is 5.97 Å². The van der Waals surface area contributed by atoms with Crippen LogP contribution in [0.2, 0.25) is 0 Å². The fraction of sp³-hybridized carbons (Fsp3) is 0.417. The molecular weight excluding hydrogens is 336 g/mol. The third-order valence-electron chi connectivity index (χ3n) is 2.88. The minimum atomic E-state index is -1.73. The SMILES string of the molecule is O=C(O)[C@H]1O[C@@H](Oc2ccc(Br)cc2)[C@H](O)[C@@H](O)[C@@H]1O. The summed E-state index contributed by atoms with van der Waals surface area (Å²) in [7, 11) is 0. The molecule has 20 heavy (non-hydrogen) atoms. The molecule has 1 aromatic carbocycles. The number of halogens is 1. The summed E-state index contributed by atoms with van der Waals surface area (Å²) < 4.78 is 11.1. The number of hydrogen-bond acceptors (Lipinski definition) is 6. The number of rotatable bonds is 3. The number of aliphatic carboxylic acids is 1. The first-order valence-electron chi connectivity index (χ1n) is 5.75. The number of aliphatic hydroxyl groups is 3. The Morgan fingerprint density at radius 3 is 2.25 bits per heavy atom. The predicted octanol–water partition coefficient (Wildman–Crippen LogP) is -0.280. The van der Waals surface area contributed by atoms with Crippen molar-refractivity contribution in [1.82, 2.24) is 0 Å². The summed E-state index contributed by atoms with van der Waals surface area (Å²) in [4.78, 5) is 10.9. The summed E-state index contributed by atoms with van der Waals surface area (Å²) in [6.45, 7) is 0. The highest BCUT2D eigenvalue weighted by Gasteiger charge is 2.48. The van der Waals surface area contributed by atoms with Gasteiger partial charge in [0.2, 0.25) is 6.29 Å². The Hall–Kier alpha value is -1.19. The molecule has 1 aliphatic heterocycles. The first-order valence-corrected chi connectivity index (χ1v) is 6.54. The highest BCUT2D eigenvalue weighted by atomic mass is 79.9. The van der Waals surface area contributed by atoms with Crippen molar-refractivity contribution in [3.05, 3.63) is 28.7 Å². The van der Waals surface area contributed by atoms with Crippen LogP contribution in [-0.2, 0) is 9.53 Å². The second-order valence-electron chi connectivity index (χ2n) is 4.31. The lowest BCUT2D eigenvalue weighted by Gasteiger charge is -2.38. The lowest BCUT2D eigenvalue weighted by Crippen LogP contribution is -2.61. The van der Waals surface area contributed by atoms with Gasteiger partial charge in [0.05, 0.1) is 0 Å². The monoisotopic (exact) mass is 348 g/mol. The summed E-state index contributed by atoms with van der Waals surface area (Å²) in [5, 5.41) is 37.8. The Bertz CT molecular complexity index is 477. The van der Waals surface area contributed by atoms with Crippen LogP contribution in [0.15, 0.2) is 28.7 Å². The van der Waals surface area contributed by atoms with Gasteiger partial charge < -0.3 is 29.9 Å². The number of carbonyl (C=O) groups is 1. The molecule has 4 N–H and O–H groups in total. The Morgan fingerprint density at radius 1 is 1.10 bits per heavy atom. The molecular formula is C12H13BrO7. The molecule has 0 aliphatic carbocycles. The standard InChI is InChI=1S/C12H13BrO7/c13-5-1-3-6(4-2-5)19-12-9(16)7(14)8(15)10(20-12)11(17)18/h1-4,7-10,12,14-16H,(H,17,18)/t7-,8-,9+,10-,12+/m0/s1. The van der Waals surface area contributed by atoms with E-state index in [1.165, 1.54) is 0 Å². The van der Waals surface area contributed by atoms with Crippen molar-refractivity contribution in [3.8, 4) is 5.75 Å². The van der Waals surface area contributed by atoms with Crippen LogP contribution in [0.5, 0.6) is 5.75 Å². The molecule has 0 saturated carbocycles. The molecule has 0 aromatic heterocycles. The molecule has 110 valence electrons. The average Bonchev–Trinajstić information content (AvgIpc) is 2.41. The molecule has 1 fully saturated rings. The minimum absolute atomic E-state index is 0.324. The topological polar surface area (TPSA) is 116 Å². The molecule has 2 rings (SSSR count). The van der Waals surface area contributed by atoms with Crippen molar-refractivity contribution in [2.45, 2.75) is 30.7 Å². The van der Waals surface area contributed by atoms with Crippen LogP contribution in [0, 0.1) is 0 Å². The average molecular weight is 349 g/mol. The van der Waals surface area contributed by atoms with E-state index in [0.717, 1.165) is 4.47 Å². The molecule has 1 saturated heterocycles. The molecule has 7 nitrogen and oxygen atoms in total. The summed E-state index contributed by atoms with van der Waals surface area (Å²) >= 11 is 3.24. The second-order valence-corrected chi connectivity index (χ2v) is 5.22. The third-order valence-corrected chi connectivity index (χ3v) is 3.41. The number of hydrogen-bond donors (Lipinski definition) is 4. The van der Waals surface area contributed by atoms with Gasteiger partial charge in [0.1, 0.15) is 24.1 Å². The first kappa shape index (κ1) is 15.2. The van der Waals surface area contributed by atoms with E-state index in [1.807, 2.05) is 0 Å². The third kappa shape index (κ3) is 3.10. The van der Waals surface area contributed by atoms with Gasteiger partial charge in [0.25, 0.3) is 0 Å². The smallest absolute Gasteiger partial charge is 0.335 e. The molecule has 1 aliphatic rings. The molecule has 0 spiro atoms. The minimum Gasteiger partial charge on any atom is -0.479 e. The fourth-order valence-corrected chi connectivity index (χ4v) is 2.06. The van der Waals surface area contributed by atoms with Crippen LogP contribution in [0.4, 0.5) is 0 Å². The van der Waals surface area contributed by atoms with Gasteiger partial charge in [-0.05, 0) is 24.3 Å². The van der Waals surface area contributed by atoms with Crippen molar-refractivity contribution in [3.63, 3.8) is 0 Å². The van der Waals surface area contributed by atoms with E-state index in [-0.39, 0.29) is 0 Å². The summed E-state index contributed by atoms with van der Waals surface area (Å²) in [6.07, 6.45) is -8.04. The maximum atomic E-state index is 10.9. The van der Waals surface area contributed by atoms with Crippen LogP contribution in [0.1, 0.15) is 0 Å². The van der Waals surface area contributed by atoms with Gasteiger partial charge in [-0.3, -0.25) is 0 Å². The first-order chi connectivity index (χ1) is 9.40. The van der Waals surface area contributed by atoms with E-state index >= 15 is 0 Å². The van der Waals surface area contributed by atoms with Crippen LogP contribution >= 0.6 is 15.9 Å². The summed E-state index contributed by atoms with van der Waals surface area (Å²) in [5.41, 5.74) is 0. The van der Waals surface area contributed by atoms with Crippen molar-refractivity contribution in [2.75, 3.05) is 0 Å². The number of carboxylic acids is 1. The lowest BCUT2D eigenvalue weighted by atomic mass is 9.99. The van der Waals surface area contributed by atoms with E-state index in [2.05, 4.69) is 15.9 Å². The molecule has 0 bridgehead atoms. The van der Waals surface area contributed by atoms with E-state index in [4.69, 9.17) is 14.6 Å². The lowest BCUT2D eigenvalue weighted by molar-refractivity contribution is -0.271. The van der Waals surface area contributed by atoms with E-state index in [1.54, 1.807) is 24.3 Å². The van der Waals surface area contributed by atoms with Crippen molar-refractivity contribution in [2.24, 2.45) is 0 Å². The van der Waals surface area contributed by atoms with Crippen molar-refractivity contribution in [1.29, 1.82) is 0 Å². The Balaban J connectivity index is 2.13. The van der Waals surface area contributed by atoms with Gasteiger partial charge in [-0.1, -0.05) is 15.9 Å². The van der Waals surface area contributed by atoms with Crippen molar-refractivity contribution >= 4 is 21.9 Å².